The molecule has 1 rings (SSSR count). The molecule has 0 radical (unpaired) electrons. The van der Waals surface area contributed by atoms with E-state index in [9.17, 15) is 0 Å². The van der Waals surface area contributed by atoms with Gasteiger partial charge in [-0.1, -0.05) is 20.3 Å². The first-order valence-electron chi connectivity index (χ1n) is 5.09. The van der Waals surface area contributed by atoms with Gasteiger partial charge in [0.1, 0.15) is 0 Å². The lowest BCUT2D eigenvalue weighted by molar-refractivity contribution is 0.0357. The summed E-state index contributed by atoms with van der Waals surface area (Å²) >= 11 is 0. The lowest BCUT2D eigenvalue weighted by atomic mass is 10.1. The van der Waals surface area contributed by atoms with E-state index in [-0.39, 0.29) is 0 Å². The van der Waals surface area contributed by atoms with E-state index < -0.39 is 0 Å². The lowest BCUT2D eigenvalue weighted by Crippen LogP contribution is -2.19. The van der Waals surface area contributed by atoms with E-state index in [1.54, 1.807) is 0 Å². The van der Waals surface area contributed by atoms with Gasteiger partial charge in [0.05, 0.1) is 6.10 Å². The van der Waals surface area contributed by atoms with Gasteiger partial charge < -0.3 is 10.5 Å². The van der Waals surface area contributed by atoms with Crippen LogP contribution in [-0.4, -0.2) is 18.8 Å². The Kier molecular flexibility index (Phi) is 4.02. The first-order chi connectivity index (χ1) is 5.72. The maximum absolute atomic E-state index is 5.78. The second-order valence-corrected chi connectivity index (χ2v) is 4.04. The van der Waals surface area contributed by atoms with Gasteiger partial charge in [-0.3, -0.25) is 0 Å². The van der Waals surface area contributed by atoms with Gasteiger partial charge in [-0.25, -0.2) is 0 Å². The molecule has 0 aromatic rings. The van der Waals surface area contributed by atoms with Crippen molar-refractivity contribution in [2.75, 3.05) is 6.61 Å². The first-order valence-corrected chi connectivity index (χ1v) is 5.09. The average Bonchev–Trinajstić information content (AvgIpc) is 2.47. The molecule has 0 spiro atoms. The van der Waals surface area contributed by atoms with Crippen molar-refractivity contribution >= 4 is 0 Å². The minimum atomic E-state index is 0.395. The molecule has 1 saturated carbocycles. The van der Waals surface area contributed by atoms with E-state index in [1.165, 1.54) is 6.42 Å². The third-order valence-electron chi connectivity index (χ3n) is 2.74. The van der Waals surface area contributed by atoms with Crippen molar-refractivity contribution in [3.8, 4) is 0 Å². The number of ether oxygens (including phenoxy) is 1. The van der Waals surface area contributed by atoms with E-state index in [2.05, 4.69) is 13.8 Å². The molecule has 3 unspecified atom stereocenters. The summed E-state index contributed by atoms with van der Waals surface area (Å²) in [6.07, 6.45) is 5.03. The highest BCUT2D eigenvalue weighted by atomic mass is 16.5. The molecule has 1 aliphatic carbocycles. The summed E-state index contributed by atoms with van der Waals surface area (Å²) in [7, 11) is 0. The SMILES string of the molecule is CCC(C)COC1CCC(N)C1. The summed E-state index contributed by atoms with van der Waals surface area (Å²) < 4.78 is 5.75. The monoisotopic (exact) mass is 171 g/mol. The zero-order valence-electron chi connectivity index (χ0n) is 8.25. The van der Waals surface area contributed by atoms with Crippen LogP contribution in [-0.2, 0) is 4.74 Å². The third-order valence-corrected chi connectivity index (χ3v) is 2.74. The Morgan fingerprint density at radius 2 is 2.25 bits per heavy atom. The van der Waals surface area contributed by atoms with Gasteiger partial charge in [0.15, 0.2) is 0 Å². The highest BCUT2D eigenvalue weighted by molar-refractivity contribution is 4.78. The Hall–Kier alpha value is -0.0800. The maximum atomic E-state index is 5.78. The van der Waals surface area contributed by atoms with Crippen molar-refractivity contribution in [2.45, 2.75) is 51.7 Å². The average molecular weight is 171 g/mol. The van der Waals surface area contributed by atoms with Gasteiger partial charge in [-0.15, -0.1) is 0 Å². The number of rotatable bonds is 4. The van der Waals surface area contributed by atoms with E-state index in [0.717, 1.165) is 25.9 Å². The molecule has 0 aliphatic heterocycles. The molecule has 2 N–H and O–H groups in total. The topological polar surface area (TPSA) is 35.2 Å². The fourth-order valence-corrected chi connectivity index (χ4v) is 1.54. The molecular formula is C10H21NO. The van der Waals surface area contributed by atoms with Crippen molar-refractivity contribution in [2.24, 2.45) is 11.7 Å². The van der Waals surface area contributed by atoms with E-state index in [4.69, 9.17) is 10.5 Å². The van der Waals surface area contributed by atoms with Crippen LogP contribution in [0.4, 0.5) is 0 Å². The number of hydrogen-bond donors (Lipinski definition) is 1. The fourth-order valence-electron chi connectivity index (χ4n) is 1.54. The fraction of sp³-hybridized carbons (Fsp3) is 1.00. The van der Waals surface area contributed by atoms with Crippen LogP contribution in [0.5, 0.6) is 0 Å². The second-order valence-electron chi connectivity index (χ2n) is 4.04. The molecule has 1 fully saturated rings. The second kappa shape index (κ2) is 4.83. The Bertz CT molecular complexity index is 127. The van der Waals surface area contributed by atoms with Crippen molar-refractivity contribution in [3.05, 3.63) is 0 Å². The lowest BCUT2D eigenvalue weighted by Gasteiger charge is -2.14. The van der Waals surface area contributed by atoms with Gasteiger partial charge in [-0.05, 0) is 25.2 Å². The minimum absolute atomic E-state index is 0.395. The highest BCUT2D eigenvalue weighted by Gasteiger charge is 2.22. The predicted octanol–water partition coefficient (Wildman–Crippen LogP) is 1.93. The van der Waals surface area contributed by atoms with Gasteiger partial charge >= 0.3 is 0 Å². The molecule has 0 heterocycles. The Balaban J connectivity index is 2.07. The quantitative estimate of drug-likeness (QED) is 0.701. The van der Waals surface area contributed by atoms with Crippen LogP contribution < -0.4 is 5.73 Å². The molecule has 3 atom stereocenters. The van der Waals surface area contributed by atoms with E-state index >= 15 is 0 Å². The van der Waals surface area contributed by atoms with Crippen LogP contribution in [0.2, 0.25) is 0 Å². The van der Waals surface area contributed by atoms with Crippen molar-refractivity contribution < 1.29 is 4.74 Å². The number of nitrogens with two attached hydrogens (primary N) is 1. The Morgan fingerprint density at radius 3 is 2.75 bits per heavy atom. The standard InChI is InChI=1S/C10H21NO/c1-3-8(2)7-12-10-5-4-9(11)6-10/h8-10H,3-7,11H2,1-2H3. The van der Waals surface area contributed by atoms with Gasteiger partial charge in [0, 0.05) is 12.6 Å². The largest absolute Gasteiger partial charge is 0.378 e. The van der Waals surface area contributed by atoms with Crippen LogP contribution in [0, 0.1) is 5.92 Å². The minimum Gasteiger partial charge on any atom is -0.378 e. The molecule has 2 heteroatoms. The van der Waals surface area contributed by atoms with E-state index in [1.807, 2.05) is 0 Å². The molecule has 1 aliphatic rings. The maximum Gasteiger partial charge on any atom is 0.0590 e. The molecule has 2 nitrogen and oxygen atoms in total. The molecular weight excluding hydrogens is 150 g/mol. The van der Waals surface area contributed by atoms with Gasteiger partial charge in [0.2, 0.25) is 0 Å². The smallest absolute Gasteiger partial charge is 0.0590 e. The predicted molar refractivity (Wildman–Crippen MR) is 51.0 cm³/mol. The Labute approximate surface area is 75.5 Å². The van der Waals surface area contributed by atoms with E-state index in [0.29, 0.717) is 18.1 Å². The number of hydrogen-bond acceptors (Lipinski definition) is 2. The van der Waals surface area contributed by atoms with Gasteiger partial charge in [0.25, 0.3) is 0 Å². The first kappa shape index (κ1) is 10.0. The third kappa shape index (κ3) is 3.11. The molecule has 0 bridgehead atoms. The Morgan fingerprint density at radius 1 is 1.50 bits per heavy atom. The summed E-state index contributed by atoms with van der Waals surface area (Å²) in [5.74, 6) is 0.696. The van der Waals surface area contributed by atoms with Crippen LogP contribution in [0.25, 0.3) is 0 Å². The van der Waals surface area contributed by atoms with Crippen LogP contribution >= 0.6 is 0 Å². The molecule has 72 valence electrons. The zero-order chi connectivity index (χ0) is 8.97. The molecule has 0 aromatic carbocycles. The van der Waals surface area contributed by atoms with Crippen LogP contribution in [0.15, 0.2) is 0 Å². The zero-order valence-corrected chi connectivity index (χ0v) is 8.25. The summed E-state index contributed by atoms with van der Waals surface area (Å²) in [4.78, 5) is 0. The van der Waals surface area contributed by atoms with Crippen molar-refractivity contribution in [1.29, 1.82) is 0 Å². The van der Waals surface area contributed by atoms with Crippen LogP contribution in [0.3, 0.4) is 0 Å². The highest BCUT2D eigenvalue weighted by Crippen LogP contribution is 2.21. The molecule has 0 aromatic heterocycles. The molecule has 12 heavy (non-hydrogen) atoms. The van der Waals surface area contributed by atoms with Gasteiger partial charge in [-0.2, -0.15) is 0 Å². The van der Waals surface area contributed by atoms with Crippen molar-refractivity contribution in [3.63, 3.8) is 0 Å². The summed E-state index contributed by atoms with van der Waals surface area (Å²) in [5.41, 5.74) is 5.78. The summed E-state index contributed by atoms with van der Waals surface area (Å²) in [5, 5.41) is 0. The normalized spacial score (nSPS) is 32.2. The summed E-state index contributed by atoms with van der Waals surface area (Å²) in [6.45, 7) is 5.34. The summed E-state index contributed by atoms with van der Waals surface area (Å²) in [6, 6.07) is 0.395. The van der Waals surface area contributed by atoms with Crippen LogP contribution in [0.1, 0.15) is 39.5 Å². The molecule has 0 amide bonds. The molecule has 0 saturated heterocycles. The van der Waals surface area contributed by atoms with Crippen molar-refractivity contribution in [1.82, 2.24) is 0 Å².